The summed E-state index contributed by atoms with van der Waals surface area (Å²) in [5.74, 6) is -0.307. The molecule has 0 aromatic heterocycles. The van der Waals surface area contributed by atoms with E-state index < -0.39 is 6.61 Å². The number of ketones is 1. The van der Waals surface area contributed by atoms with Crippen molar-refractivity contribution in [2.75, 3.05) is 17.2 Å². The lowest BCUT2D eigenvalue weighted by Gasteiger charge is -2.09. The Hall–Kier alpha value is -2.96. The highest BCUT2D eigenvalue weighted by atomic mass is 19.3. The second-order valence-electron chi connectivity index (χ2n) is 4.94. The summed E-state index contributed by atoms with van der Waals surface area (Å²) >= 11 is 0. The minimum absolute atomic E-state index is 0.0201. The summed E-state index contributed by atoms with van der Waals surface area (Å²) in [5, 5.41) is 5.54. The Morgan fingerprint density at radius 3 is 2.12 bits per heavy atom. The van der Waals surface area contributed by atoms with Gasteiger partial charge in [-0.15, -0.1) is 0 Å². The lowest BCUT2D eigenvalue weighted by molar-refractivity contribution is -0.114. The van der Waals surface area contributed by atoms with Crippen LogP contribution in [0.25, 0.3) is 0 Å². The van der Waals surface area contributed by atoms with Crippen molar-refractivity contribution in [3.8, 4) is 5.75 Å². The van der Waals surface area contributed by atoms with Crippen LogP contribution in [0.2, 0.25) is 0 Å². The van der Waals surface area contributed by atoms with Crippen LogP contribution in [0.1, 0.15) is 17.3 Å². The van der Waals surface area contributed by atoms with E-state index >= 15 is 0 Å². The summed E-state index contributed by atoms with van der Waals surface area (Å²) < 4.78 is 28.3. The standard InChI is InChI=1S/C17H16F2N2O3/c1-11(22)12-2-4-13(5-3-12)20-10-16(23)21-14-6-8-15(9-7-14)24-17(18)19/h2-9,17,20H,10H2,1H3,(H,21,23). The Labute approximate surface area is 137 Å². The van der Waals surface area contributed by atoms with Crippen LogP contribution in [0.15, 0.2) is 48.5 Å². The smallest absolute Gasteiger partial charge is 0.387 e. The van der Waals surface area contributed by atoms with Crippen LogP contribution < -0.4 is 15.4 Å². The predicted molar refractivity (Wildman–Crippen MR) is 86.6 cm³/mol. The average molecular weight is 334 g/mol. The first-order chi connectivity index (χ1) is 11.4. The van der Waals surface area contributed by atoms with E-state index in [0.717, 1.165) is 0 Å². The molecule has 126 valence electrons. The molecule has 0 heterocycles. The number of hydrogen-bond donors (Lipinski definition) is 2. The normalized spacial score (nSPS) is 10.3. The molecule has 0 atom stereocenters. The van der Waals surface area contributed by atoms with E-state index in [0.29, 0.717) is 16.9 Å². The zero-order valence-corrected chi connectivity index (χ0v) is 12.9. The molecule has 0 aliphatic heterocycles. The van der Waals surface area contributed by atoms with Crippen LogP contribution in [0.5, 0.6) is 5.75 Å². The molecule has 0 unspecified atom stereocenters. The molecule has 0 saturated carbocycles. The molecule has 2 aromatic carbocycles. The molecule has 2 N–H and O–H groups in total. The van der Waals surface area contributed by atoms with E-state index in [1.54, 1.807) is 24.3 Å². The second kappa shape index (κ2) is 8.05. The first-order valence-corrected chi connectivity index (χ1v) is 7.13. The van der Waals surface area contributed by atoms with Gasteiger partial charge in [-0.05, 0) is 55.5 Å². The van der Waals surface area contributed by atoms with Crippen molar-refractivity contribution in [2.24, 2.45) is 0 Å². The van der Waals surface area contributed by atoms with E-state index in [9.17, 15) is 18.4 Å². The molecule has 0 radical (unpaired) electrons. The number of carbonyl (C=O) groups is 2. The van der Waals surface area contributed by atoms with Gasteiger partial charge in [0.15, 0.2) is 5.78 Å². The van der Waals surface area contributed by atoms with Crippen LogP contribution in [-0.2, 0) is 4.79 Å². The molecule has 7 heteroatoms. The molecule has 0 saturated heterocycles. The number of hydrogen-bond acceptors (Lipinski definition) is 4. The zero-order chi connectivity index (χ0) is 17.5. The number of Topliss-reactive ketones (excluding diaryl/α,β-unsaturated/α-hetero) is 1. The van der Waals surface area contributed by atoms with Crippen LogP contribution >= 0.6 is 0 Å². The largest absolute Gasteiger partial charge is 0.435 e. The SMILES string of the molecule is CC(=O)c1ccc(NCC(=O)Nc2ccc(OC(F)F)cc2)cc1. The summed E-state index contributed by atoms with van der Waals surface area (Å²) in [4.78, 5) is 23.0. The number of halogens is 2. The van der Waals surface area contributed by atoms with Gasteiger partial charge in [0.25, 0.3) is 0 Å². The van der Waals surface area contributed by atoms with Gasteiger partial charge in [0, 0.05) is 16.9 Å². The Balaban J connectivity index is 1.83. The summed E-state index contributed by atoms with van der Waals surface area (Å²) in [7, 11) is 0. The van der Waals surface area contributed by atoms with Crippen molar-refractivity contribution >= 4 is 23.1 Å². The molecule has 2 rings (SSSR count). The zero-order valence-electron chi connectivity index (χ0n) is 12.9. The van der Waals surface area contributed by atoms with E-state index in [1.807, 2.05) is 0 Å². The molecule has 24 heavy (non-hydrogen) atoms. The molecule has 1 amide bonds. The van der Waals surface area contributed by atoms with Crippen LogP contribution in [-0.4, -0.2) is 24.8 Å². The molecule has 0 aliphatic carbocycles. The average Bonchev–Trinajstić information content (AvgIpc) is 2.54. The monoisotopic (exact) mass is 334 g/mol. The fourth-order valence-electron chi connectivity index (χ4n) is 1.93. The van der Waals surface area contributed by atoms with Crippen molar-refractivity contribution in [1.29, 1.82) is 0 Å². The predicted octanol–water partition coefficient (Wildman–Crippen LogP) is 3.54. The van der Waals surface area contributed by atoms with Gasteiger partial charge < -0.3 is 15.4 Å². The molecule has 0 spiro atoms. The first kappa shape index (κ1) is 17.4. The van der Waals surface area contributed by atoms with Crippen molar-refractivity contribution in [2.45, 2.75) is 13.5 Å². The highest BCUT2D eigenvalue weighted by Gasteiger charge is 2.06. The maximum absolute atomic E-state index is 12.0. The van der Waals surface area contributed by atoms with Crippen LogP contribution in [0.3, 0.4) is 0 Å². The van der Waals surface area contributed by atoms with Crippen molar-refractivity contribution in [3.05, 3.63) is 54.1 Å². The number of amides is 1. The summed E-state index contributed by atoms with van der Waals surface area (Å²) in [5.41, 5.74) is 1.77. The van der Waals surface area contributed by atoms with Crippen LogP contribution in [0.4, 0.5) is 20.2 Å². The molecule has 0 fully saturated rings. The molecule has 0 aliphatic rings. The van der Waals surface area contributed by atoms with E-state index in [4.69, 9.17) is 0 Å². The van der Waals surface area contributed by atoms with E-state index in [1.165, 1.54) is 31.2 Å². The van der Waals surface area contributed by atoms with E-state index in [2.05, 4.69) is 15.4 Å². The van der Waals surface area contributed by atoms with Crippen molar-refractivity contribution in [3.63, 3.8) is 0 Å². The number of anilines is 2. The lowest BCUT2D eigenvalue weighted by Crippen LogP contribution is -2.21. The summed E-state index contributed by atoms with van der Waals surface area (Å²) in [6, 6.07) is 12.4. The highest BCUT2D eigenvalue weighted by Crippen LogP contribution is 2.17. The Morgan fingerprint density at radius 1 is 1.00 bits per heavy atom. The maximum Gasteiger partial charge on any atom is 0.387 e. The number of benzene rings is 2. The third kappa shape index (κ3) is 5.35. The Morgan fingerprint density at radius 2 is 1.58 bits per heavy atom. The fraction of sp³-hybridized carbons (Fsp3) is 0.176. The topological polar surface area (TPSA) is 67.4 Å². The van der Waals surface area contributed by atoms with Gasteiger partial charge in [0.1, 0.15) is 5.75 Å². The van der Waals surface area contributed by atoms with Gasteiger partial charge in [0.2, 0.25) is 5.91 Å². The van der Waals surface area contributed by atoms with Crippen LogP contribution in [0, 0.1) is 0 Å². The number of ether oxygens (including phenoxy) is 1. The number of carbonyl (C=O) groups excluding carboxylic acids is 2. The first-order valence-electron chi connectivity index (χ1n) is 7.13. The number of alkyl halides is 2. The molecular formula is C17H16F2N2O3. The summed E-state index contributed by atoms with van der Waals surface area (Å²) in [6.45, 7) is -1.38. The van der Waals surface area contributed by atoms with E-state index in [-0.39, 0.29) is 24.0 Å². The quantitative estimate of drug-likeness (QED) is 0.760. The van der Waals surface area contributed by atoms with Gasteiger partial charge in [-0.2, -0.15) is 8.78 Å². The van der Waals surface area contributed by atoms with Gasteiger partial charge in [-0.25, -0.2) is 0 Å². The second-order valence-corrected chi connectivity index (χ2v) is 4.94. The fourth-order valence-corrected chi connectivity index (χ4v) is 1.93. The highest BCUT2D eigenvalue weighted by molar-refractivity contribution is 5.95. The van der Waals surface area contributed by atoms with Crippen molar-refractivity contribution in [1.82, 2.24) is 0 Å². The third-order valence-corrected chi connectivity index (χ3v) is 3.11. The molecular weight excluding hydrogens is 318 g/mol. The molecule has 0 bridgehead atoms. The van der Waals surface area contributed by atoms with Gasteiger partial charge in [-0.1, -0.05) is 0 Å². The maximum atomic E-state index is 12.0. The number of nitrogens with one attached hydrogen (secondary N) is 2. The van der Waals surface area contributed by atoms with Gasteiger partial charge >= 0.3 is 6.61 Å². The summed E-state index contributed by atoms with van der Waals surface area (Å²) in [6.07, 6.45) is 0. The number of rotatable bonds is 7. The van der Waals surface area contributed by atoms with Gasteiger partial charge in [0.05, 0.1) is 6.54 Å². The minimum atomic E-state index is -2.89. The third-order valence-electron chi connectivity index (χ3n) is 3.11. The molecule has 5 nitrogen and oxygen atoms in total. The van der Waals surface area contributed by atoms with Crippen molar-refractivity contribution < 1.29 is 23.1 Å². The minimum Gasteiger partial charge on any atom is -0.435 e. The van der Waals surface area contributed by atoms with Gasteiger partial charge in [-0.3, -0.25) is 9.59 Å². The molecule has 2 aromatic rings. The Bertz CT molecular complexity index is 701. The Kier molecular flexibility index (Phi) is 5.83. The lowest BCUT2D eigenvalue weighted by atomic mass is 10.1.